The predicted octanol–water partition coefficient (Wildman–Crippen LogP) is 2.91. The molecule has 2 fully saturated rings. The van der Waals surface area contributed by atoms with Gasteiger partial charge in [-0.2, -0.15) is 0 Å². The third kappa shape index (κ3) is 3.21. The summed E-state index contributed by atoms with van der Waals surface area (Å²) in [6, 6.07) is 6.23. The fraction of sp³-hybridized carbons (Fsp3) is 0.474. The number of anilines is 1. The normalized spacial score (nSPS) is 23.3. The van der Waals surface area contributed by atoms with Crippen LogP contribution in [0, 0.1) is 0 Å². The van der Waals surface area contributed by atoms with Crippen LogP contribution in [0.15, 0.2) is 36.8 Å². The minimum Gasteiger partial charge on any atom is -0.364 e. The van der Waals surface area contributed by atoms with E-state index in [0.717, 1.165) is 30.0 Å². The minimum atomic E-state index is -0.00721. The first kappa shape index (κ1) is 16.0. The molecule has 1 aliphatic carbocycles. The lowest BCUT2D eigenvalue weighted by Crippen LogP contribution is -2.34. The van der Waals surface area contributed by atoms with Crippen LogP contribution in [0.5, 0.6) is 0 Å². The lowest BCUT2D eigenvalue weighted by molar-refractivity contribution is -0.129. The van der Waals surface area contributed by atoms with Crippen LogP contribution < -0.4 is 5.32 Å². The number of rotatable bonds is 5. The molecule has 4 rings (SSSR count). The van der Waals surface area contributed by atoms with Gasteiger partial charge in [-0.05, 0) is 30.5 Å². The minimum absolute atomic E-state index is 0.00571. The number of pyridine rings is 1. The molecule has 6 nitrogen and oxygen atoms in total. The maximum Gasteiger partial charge on any atom is 0.225 e. The second kappa shape index (κ2) is 6.43. The van der Waals surface area contributed by atoms with E-state index in [1.807, 2.05) is 18.3 Å². The molecule has 2 atom stereocenters. The number of likely N-dealkylation sites (tertiary alicyclic amines) is 1. The van der Waals surface area contributed by atoms with E-state index in [1.165, 1.54) is 0 Å². The Balaban J connectivity index is 1.63. The maximum absolute atomic E-state index is 12.6. The van der Waals surface area contributed by atoms with Gasteiger partial charge in [0.15, 0.2) is 0 Å². The molecule has 2 aromatic rings. The molecule has 1 aliphatic heterocycles. The van der Waals surface area contributed by atoms with Gasteiger partial charge in [-0.3, -0.25) is 9.78 Å². The van der Waals surface area contributed by atoms with Gasteiger partial charge in [-0.15, -0.1) is 0 Å². The number of carbonyl (C=O) groups is 1. The maximum atomic E-state index is 12.6. The highest BCUT2D eigenvalue weighted by atomic mass is 16.2. The van der Waals surface area contributed by atoms with Gasteiger partial charge in [0.25, 0.3) is 0 Å². The Morgan fingerprint density at radius 1 is 1.24 bits per heavy atom. The molecule has 1 saturated heterocycles. The number of hydrogen-bond acceptors (Lipinski definition) is 5. The zero-order valence-electron chi connectivity index (χ0n) is 14.6. The van der Waals surface area contributed by atoms with Gasteiger partial charge in [0, 0.05) is 37.0 Å². The first-order chi connectivity index (χ1) is 12.1. The molecule has 1 N–H and O–H groups in total. The predicted molar refractivity (Wildman–Crippen MR) is 95.0 cm³/mol. The second-order valence-electron chi connectivity index (χ2n) is 7.17. The van der Waals surface area contributed by atoms with Gasteiger partial charge in [-0.25, -0.2) is 9.97 Å². The number of aromatic nitrogens is 3. The van der Waals surface area contributed by atoms with Crippen LogP contribution in [0.4, 0.5) is 5.82 Å². The van der Waals surface area contributed by atoms with Crippen LogP contribution in [0.2, 0.25) is 0 Å². The first-order valence-electron chi connectivity index (χ1n) is 8.94. The summed E-state index contributed by atoms with van der Waals surface area (Å²) in [5, 5.41) is 3.49. The van der Waals surface area contributed by atoms with Crippen LogP contribution in [0.1, 0.15) is 56.5 Å². The number of carbonyl (C=O) groups excluding carboxylic acids is 1. The summed E-state index contributed by atoms with van der Waals surface area (Å²) in [5.41, 5.74) is 1.08. The quantitative estimate of drug-likeness (QED) is 0.908. The van der Waals surface area contributed by atoms with Crippen molar-refractivity contribution in [3.8, 4) is 0 Å². The van der Waals surface area contributed by atoms with Crippen molar-refractivity contribution < 1.29 is 4.79 Å². The summed E-state index contributed by atoms with van der Waals surface area (Å²) in [6.45, 7) is 4.15. The molecule has 130 valence electrons. The summed E-state index contributed by atoms with van der Waals surface area (Å²) < 4.78 is 0. The topological polar surface area (TPSA) is 71.0 Å². The molecule has 0 spiro atoms. The van der Waals surface area contributed by atoms with E-state index < -0.39 is 0 Å². The molecule has 2 aliphatic rings. The van der Waals surface area contributed by atoms with Gasteiger partial charge in [-0.1, -0.05) is 19.9 Å². The zero-order valence-corrected chi connectivity index (χ0v) is 14.6. The third-order valence-electron chi connectivity index (χ3n) is 4.85. The van der Waals surface area contributed by atoms with Crippen molar-refractivity contribution in [3.05, 3.63) is 48.2 Å². The average Bonchev–Trinajstić information content (AvgIpc) is 3.40. The molecule has 3 heterocycles. The molecule has 1 saturated carbocycles. The fourth-order valence-corrected chi connectivity index (χ4v) is 3.53. The van der Waals surface area contributed by atoms with Crippen LogP contribution in [0.3, 0.4) is 0 Å². The van der Waals surface area contributed by atoms with Gasteiger partial charge >= 0.3 is 0 Å². The first-order valence-corrected chi connectivity index (χ1v) is 8.94. The zero-order chi connectivity index (χ0) is 17.4. The molecule has 1 amide bonds. The fourth-order valence-electron chi connectivity index (χ4n) is 3.53. The van der Waals surface area contributed by atoms with Crippen molar-refractivity contribution in [2.45, 2.75) is 57.2 Å². The summed E-state index contributed by atoms with van der Waals surface area (Å²) in [5.74, 6) is 2.07. The smallest absolute Gasteiger partial charge is 0.225 e. The van der Waals surface area contributed by atoms with Crippen LogP contribution in [-0.4, -0.2) is 37.8 Å². The van der Waals surface area contributed by atoms with Crippen LogP contribution in [0.25, 0.3) is 0 Å². The van der Waals surface area contributed by atoms with E-state index in [4.69, 9.17) is 0 Å². The number of nitrogens with zero attached hydrogens (tertiary/aromatic N) is 4. The largest absolute Gasteiger partial charge is 0.364 e. The Kier molecular flexibility index (Phi) is 4.11. The van der Waals surface area contributed by atoms with E-state index in [-0.39, 0.29) is 23.9 Å². The van der Waals surface area contributed by atoms with E-state index in [2.05, 4.69) is 45.1 Å². The Labute approximate surface area is 147 Å². The van der Waals surface area contributed by atoms with Gasteiger partial charge in [0.05, 0.1) is 12.1 Å². The van der Waals surface area contributed by atoms with Crippen molar-refractivity contribution in [2.75, 3.05) is 5.32 Å². The number of hydrogen-bond donors (Lipinski definition) is 1. The summed E-state index contributed by atoms with van der Waals surface area (Å²) in [4.78, 5) is 27.9. The van der Waals surface area contributed by atoms with E-state index in [9.17, 15) is 4.79 Å². The number of amides is 1. The molecule has 0 bridgehead atoms. The molecule has 0 aromatic carbocycles. The standard InChI is InChI=1S/C19H23N5O/c1-12(2)19-21-9-7-16(23-19)22-15-10-17(25)24(14-5-6-14)18(15)13-4-3-8-20-11-13/h3-4,7-9,11-12,14-15,18H,5-6,10H2,1-2H3,(H,21,22,23)/t15-,18+/m1/s1. The summed E-state index contributed by atoms with van der Waals surface area (Å²) >= 11 is 0. The Hall–Kier alpha value is -2.50. The lowest BCUT2D eigenvalue weighted by Gasteiger charge is -2.29. The highest BCUT2D eigenvalue weighted by Crippen LogP contribution is 2.42. The van der Waals surface area contributed by atoms with E-state index >= 15 is 0 Å². The Morgan fingerprint density at radius 2 is 2.08 bits per heavy atom. The van der Waals surface area contributed by atoms with Crippen molar-refractivity contribution in [1.82, 2.24) is 19.9 Å². The SMILES string of the molecule is CC(C)c1nccc(N[C@@H]2CC(=O)N(C3CC3)[C@H]2c2cccnc2)n1. The van der Waals surface area contributed by atoms with E-state index in [0.29, 0.717) is 12.5 Å². The van der Waals surface area contributed by atoms with Crippen molar-refractivity contribution >= 4 is 11.7 Å². The summed E-state index contributed by atoms with van der Waals surface area (Å²) in [7, 11) is 0. The van der Waals surface area contributed by atoms with Gasteiger partial charge < -0.3 is 10.2 Å². The van der Waals surface area contributed by atoms with Crippen molar-refractivity contribution in [2.24, 2.45) is 0 Å². The molecular weight excluding hydrogens is 314 g/mol. The molecule has 0 radical (unpaired) electrons. The highest BCUT2D eigenvalue weighted by molar-refractivity contribution is 5.81. The highest BCUT2D eigenvalue weighted by Gasteiger charge is 2.47. The molecule has 6 heteroatoms. The van der Waals surface area contributed by atoms with Gasteiger partial charge in [0.1, 0.15) is 11.6 Å². The van der Waals surface area contributed by atoms with Crippen molar-refractivity contribution in [3.63, 3.8) is 0 Å². The number of nitrogens with one attached hydrogen (secondary N) is 1. The Bertz CT molecular complexity index is 759. The molecule has 25 heavy (non-hydrogen) atoms. The average molecular weight is 337 g/mol. The van der Waals surface area contributed by atoms with Gasteiger partial charge in [0.2, 0.25) is 5.91 Å². The second-order valence-corrected chi connectivity index (χ2v) is 7.17. The van der Waals surface area contributed by atoms with Crippen LogP contribution in [-0.2, 0) is 4.79 Å². The Morgan fingerprint density at radius 3 is 2.76 bits per heavy atom. The third-order valence-corrected chi connectivity index (χ3v) is 4.85. The summed E-state index contributed by atoms with van der Waals surface area (Å²) in [6.07, 6.45) is 8.09. The van der Waals surface area contributed by atoms with E-state index in [1.54, 1.807) is 12.4 Å². The van der Waals surface area contributed by atoms with Crippen molar-refractivity contribution in [1.29, 1.82) is 0 Å². The monoisotopic (exact) mass is 337 g/mol. The molecular formula is C19H23N5O. The lowest BCUT2D eigenvalue weighted by atomic mass is 10.0. The molecule has 0 unspecified atom stereocenters. The van der Waals surface area contributed by atoms with Crippen LogP contribution >= 0.6 is 0 Å². The molecule has 2 aromatic heterocycles.